The average Bonchev–Trinajstić information content (AvgIpc) is 2.41. The Balaban J connectivity index is 2.50. The highest BCUT2D eigenvalue weighted by atomic mass is 19.1. The molecular formula is C18H30FNO. The molecule has 1 aromatic rings. The van der Waals surface area contributed by atoms with Crippen molar-refractivity contribution in [2.24, 2.45) is 11.1 Å². The standard InChI is InChI=1S/C18H30FNO/c1-4-5-6-7-16(20)12-17(21)18(2,3)13-14-8-10-15(19)11-9-14/h8-11,16-17,21H,4-7,12-13,20H2,1-3H3. The summed E-state index contributed by atoms with van der Waals surface area (Å²) >= 11 is 0. The molecule has 3 N–H and O–H groups in total. The van der Waals surface area contributed by atoms with Crippen LogP contribution in [0.4, 0.5) is 4.39 Å². The number of aliphatic hydroxyl groups excluding tert-OH is 1. The zero-order valence-electron chi connectivity index (χ0n) is 13.6. The molecule has 0 aliphatic rings. The molecule has 0 aliphatic carbocycles. The lowest BCUT2D eigenvalue weighted by molar-refractivity contribution is 0.0370. The zero-order valence-corrected chi connectivity index (χ0v) is 13.6. The molecule has 1 aromatic carbocycles. The lowest BCUT2D eigenvalue weighted by atomic mass is 9.78. The number of nitrogens with two attached hydrogens (primary N) is 1. The van der Waals surface area contributed by atoms with Crippen molar-refractivity contribution in [1.29, 1.82) is 0 Å². The van der Waals surface area contributed by atoms with Crippen LogP contribution in [0, 0.1) is 11.2 Å². The van der Waals surface area contributed by atoms with E-state index in [-0.39, 0.29) is 17.3 Å². The normalized spacial score (nSPS) is 15.0. The van der Waals surface area contributed by atoms with Gasteiger partial charge in [0.05, 0.1) is 6.10 Å². The molecule has 2 nitrogen and oxygen atoms in total. The van der Waals surface area contributed by atoms with Gasteiger partial charge in [-0.05, 0) is 42.4 Å². The fraction of sp³-hybridized carbons (Fsp3) is 0.667. The van der Waals surface area contributed by atoms with E-state index in [1.807, 2.05) is 13.8 Å². The summed E-state index contributed by atoms with van der Waals surface area (Å²) in [7, 11) is 0. The second kappa shape index (κ2) is 8.50. The molecule has 0 fully saturated rings. The van der Waals surface area contributed by atoms with E-state index in [1.165, 1.54) is 25.0 Å². The first kappa shape index (κ1) is 18.1. The van der Waals surface area contributed by atoms with Crippen LogP contribution in [0.3, 0.4) is 0 Å². The SMILES string of the molecule is CCCCCC(N)CC(O)C(C)(C)Cc1ccc(F)cc1. The van der Waals surface area contributed by atoms with E-state index in [9.17, 15) is 9.50 Å². The van der Waals surface area contributed by atoms with E-state index < -0.39 is 6.10 Å². The topological polar surface area (TPSA) is 46.2 Å². The van der Waals surface area contributed by atoms with Crippen LogP contribution in [-0.2, 0) is 6.42 Å². The summed E-state index contributed by atoms with van der Waals surface area (Å²) in [6.07, 6.45) is 5.38. The summed E-state index contributed by atoms with van der Waals surface area (Å²) < 4.78 is 12.9. The highest BCUT2D eigenvalue weighted by Gasteiger charge is 2.29. The summed E-state index contributed by atoms with van der Waals surface area (Å²) in [6, 6.07) is 6.55. The van der Waals surface area contributed by atoms with Crippen molar-refractivity contribution in [2.75, 3.05) is 0 Å². The van der Waals surface area contributed by atoms with E-state index in [2.05, 4.69) is 6.92 Å². The van der Waals surface area contributed by atoms with Gasteiger partial charge in [0.2, 0.25) is 0 Å². The van der Waals surface area contributed by atoms with Gasteiger partial charge >= 0.3 is 0 Å². The number of unbranched alkanes of at least 4 members (excludes halogenated alkanes) is 2. The van der Waals surface area contributed by atoms with E-state index in [1.54, 1.807) is 12.1 Å². The number of benzene rings is 1. The van der Waals surface area contributed by atoms with Crippen molar-refractivity contribution in [3.63, 3.8) is 0 Å². The van der Waals surface area contributed by atoms with E-state index in [0.717, 1.165) is 24.8 Å². The van der Waals surface area contributed by atoms with Gasteiger partial charge in [-0.25, -0.2) is 4.39 Å². The Morgan fingerprint density at radius 3 is 2.38 bits per heavy atom. The third kappa shape index (κ3) is 6.58. The van der Waals surface area contributed by atoms with Gasteiger partial charge in [0.25, 0.3) is 0 Å². The van der Waals surface area contributed by atoms with Gasteiger partial charge in [0, 0.05) is 6.04 Å². The van der Waals surface area contributed by atoms with Crippen molar-refractivity contribution in [3.05, 3.63) is 35.6 Å². The molecule has 2 atom stereocenters. The predicted octanol–water partition coefficient (Wildman–Crippen LogP) is 4.05. The molecule has 21 heavy (non-hydrogen) atoms. The molecule has 3 heteroatoms. The molecule has 0 aromatic heterocycles. The Bertz CT molecular complexity index is 402. The molecular weight excluding hydrogens is 265 g/mol. The van der Waals surface area contributed by atoms with Gasteiger partial charge in [0.15, 0.2) is 0 Å². The van der Waals surface area contributed by atoms with Crippen LogP contribution in [0.2, 0.25) is 0 Å². The second-order valence-electron chi connectivity index (χ2n) is 6.80. The monoisotopic (exact) mass is 295 g/mol. The number of aliphatic hydroxyl groups is 1. The number of hydrogen-bond acceptors (Lipinski definition) is 2. The third-order valence-corrected chi connectivity index (χ3v) is 4.18. The van der Waals surface area contributed by atoms with Crippen molar-refractivity contribution >= 4 is 0 Å². The quantitative estimate of drug-likeness (QED) is 0.675. The third-order valence-electron chi connectivity index (χ3n) is 4.18. The fourth-order valence-electron chi connectivity index (χ4n) is 2.63. The number of rotatable bonds is 9. The van der Waals surface area contributed by atoms with Gasteiger partial charge < -0.3 is 10.8 Å². The molecule has 2 unspecified atom stereocenters. The largest absolute Gasteiger partial charge is 0.392 e. The van der Waals surface area contributed by atoms with Crippen LogP contribution in [-0.4, -0.2) is 17.3 Å². The van der Waals surface area contributed by atoms with Crippen LogP contribution in [0.25, 0.3) is 0 Å². The molecule has 0 amide bonds. The Labute approximate surface area is 128 Å². The van der Waals surface area contributed by atoms with Crippen LogP contribution in [0.1, 0.15) is 58.4 Å². The lowest BCUT2D eigenvalue weighted by Crippen LogP contribution is -2.37. The number of hydrogen-bond donors (Lipinski definition) is 2. The van der Waals surface area contributed by atoms with Gasteiger partial charge in [-0.1, -0.05) is 52.2 Å². The minimum atomic E-state index is -0.445. The Hall–Kier alpha value is -0.930. The lowest BCUT2D eigenvalue weighted by Gasteiger charge is -2.32. The molecule has 0 aliphatic heterocycles. The van der Waals surface area contributed by atoms with Gasteiger partial charge in [-0.3, -0.25) is 0 Å². The van der Waals surface area contributed by atoms with Crippen molar-refractivity contribution in [3.8, 4) is 0 Å². The highest BCUT2D eigenvalue weighted by molar-refractivity contribution is 5.17. The Morgan fingerprint density at radius 1 is 1.19 bits per heavy atom. The molecule has 0 spiro atoms. The maximum Gasteiger partial charge on any atom is 0.123 e. The minimum absolute atomic E-state index is 0.0547. The molecule has 0 radical (unpaired) electrons. The first-order valence-corrected chi connectivity index (χ1v) is 8.03. The summed E-state index contributed by atoms with van der Waals surface area (Å²) in [5.74, 6) is -0.227. The maximum absolute atomic E-state index is 12.9. The Morgan fingerprint density at radius 2 is 1.81 bits per heavy atom. The zero-order chi connectivity index (χ0) is 15.9. The summed E-state index contributed by atoms with van der Waals surface area (Å²) in [6.45, 7) is 6.26. The first-order valence-electron chi connectivity index (χ1n) is 8.03. The van der Waals surface area contributed by atoms with Gasteiger partial charge in [0.1, 0.15) is 5.82 Å². The molecule has 0 saturated heterocycles. The van der Waals surface area contributed by atoms with Crippen molar-refractivity contribution in [1.82, 2.24) is 0 Å². The first-order chi connectivity index (χ1) is 9.85. The summed E-state index contributed by atoms with van der Waals surface area (Å²) in [4.78, 5) is 0. The average molecular weight is 295 g/mol. The Kier molecular flexibility index (Phi) is 7.33. The van der Waals surface area contributed by atoms with E-state index in [4.69, 9.17) is 5.73 Å². The van der Waals surface area contributed by atoms with Crippen molar-refractivity contribution < 1.29 is 9.50 Å². The molecule has 0 saturated carbocycles. The predicted molar refractivity (Wildman–Crippen MR) is 86.6 cm³/mol. The van der Waals surface area contributed by atoms with Crippen LogP contribution in [0.15, 0.2) is 24.3 Å². The van der Waals surface area contributed by atoms with Gasteiger partial charge in [-0.15, -0.1) is 0 Å². The van der Waals surface area contributed by atoms with Crippen LogP contribution < -0.4 is 5.73 Å². The molecule has 1 rings (SSSR count). The summed E-state index contributed by atoms with van der Waals surface area (Å²) in [5, 5.41) is 10.5. The minimum Gasteiger partial charge on any atom is -0.392 e. The second-order valence-corrected chi connectivity index (χ2v) is 6.80. The van der Waals surface area contributed by atoms with E-state index >= 15 is 0 Å². The summed E-state index contributed by atoms with van der Waals surface area (Å²) in [5.41, 5.74) is 6.89. The molecule has 0 heterocycles. The van der Waals surface area contributed by atoms with Crippen molar-refractivity contribution in [2.45, 2.75) is 71.4 Å². The van der Waals surface area contributed by atoms with Crippen LogP contribution >= 0.6 is 0 Å². The molecule has 0 bridgehead atoms. The smallest absolute Gasteiger partial charge is 0.123 e. The van der Waals surface area contributed by atoms with E-state index in [0.29, 0.717) is 6.42 Å². The van der Waals surface area contributed by atoms with Gasteiger partial charge in [-0.2, -0.15) is 0 Å². The fourth-order valence-corrected chi connectivity index (χ4v) is 2.63. The van der Waals surface area contributed by atoms with Crippen LogP contribution in [0.5, 0.6) is 0 Å². The molecule has 120 valence electrons. The number of halogens is 1. The highest BCUT2D eigenvalue weighted by Crippen LogP contribution is 2.29. The maximum atomic E-state index is 12.9.